The predicted octanol–water partition coefficient (Wildman–Crippen LogP) is 3.03. The smallest absolute Gasteiger partial charge is 0.149 e. The van der Waals surface area contributed by atoms with Gasteiger partial charge in [0.15, 0.2) is 0 Å². The van der Waals surface area contributed by atoms with Crippen molar-refractivity contribution in [2.75, 3.05) is 18.4 Å². The van der Waals surface area contributed by atoms with Crippen molar-refractivity contribution in [2.24, 2.45) is 0 Å². The van der Waals surface area contributed by atoms with E-state index in [1.54, 1.807) is 13.0 Å². The third kappa shape index (κ3) is 2.78. The lowest BCUT2D eigenvalue weighted by molar-refractivity contribution is 0.274. The molecule has 17 heavy (non-hydrogen) atoms. The molecule has 0 saturated carbocycles. The average Bonchev–Trinajstić information content (AvgIpc) is 2.73. The quantitative estimate of drug-likeness (QED) is 0.867. The van der Waals surface area contributed by atoms with Gasteiger partial charge in [-0.15, -0.1) is 0 Å². The summed E-state index contributed by atoms with van der Waals surface area (Å²) in [5, 5.41) is 3.32. The first-order valence-electron chi connectivity index (χ1n) is 6.33. The maximum atomic E-state index is 13.8. The Kier molecular flexibility index (Phi) is 3.67. The lowest BCUT2D eigenvalue weighted by Crippen LogP contribution is -2.31. The van der Waals surface area contributed by atoms with Crippen LogP contribution in [0.25, 0.3) is 0 Å². The minimum Gasteiger partial charge on any atom is -0.379 e. The Bertz CT molecular complexity index is 390. The maximum Gasteiger partial charge on any atom is 0.149 e. The van der Waals surface area contributed by atoms with E-state index in [1.807, 2.05) is 12.1 Å². The van der Waals surface area contributed by atoms with Gasteiger partial charge in [0.1, 0.15) is 5.82 Å². The van der Waals surface area contributed by atoms with Gasteiger partial charge in [0, 0.05) is 25.2 Å². The molecule has 1 aromatic carbocycles. The van der Waals surface area contributed by atoms with Crippen LogP contribution in [-0.2, 0) is 0 Å². The summed E-state index contributed by atoms with van der Waals surface area (Å²) >= 11 is 0. The van der Waals surface area contributed by atoms with Crippen molar-refractivity contribution in [3.8, 4) is 0 Å². The highest BCUT2D eigenvalue weighted by atomic mass is 19.1. The van der Waals surface area contributed by atoms with Crippen LogP contribution in [0.2, 0.25) is 0 Å². The van der Waals surface area contributed by atoms with E-state index < -0.39 is 0 Å². The number of anilines is 1. The minimum absolute atomic E-state index is 0.115. The summed E-state index contributed by atoms with van der Waals surface area (Å²) in [6.45, 7) is 8.31. The van der Waals surface area contributed by atoms with Gasteiger partial charge in [-0.2, -0.15) is 0 Å². The van der Waals surface area contributed by atoms with E-state index in [1.165, 1.54) is 0 Å². The molecule has 0 radical (unpaired) electrons. The summed E-state index contributed by atoms with van der Waals surface area (Å²) in [5.41, 5.74) is 1.34. The van der Waals surface area contributed by atoms with Crippen molar-refractivity contribution in [2.45, 2.75) is 39.3 Å². The SMILES string of the molecule is Cc1cccc(NC2CCN(C(C)C)C2)c1F. The molecule has 0 aromatic heterocycles. The molecule has 1 N–H and O–H groups in total. The average molecular weight is 236 g/mol. The molecule has 1 saturated heterocycles. The van der Waals surface area contributed by atoms with E-state index in [9.17, 15) is 4.39 Å². The number of hydrogen-bond donors (Lipinski definition) is 1. The highest BCUT2D eigenvalue weighted by Crippen LogP contribution is 2.21. The molecule has 1 atom stereocenters. The van der Waals surface area contributed by atoms with E-state index >= 15 is 0 Å². The summed E-state index contributed by atoms with van der Waals surface area (Å²) in [7, 11) is 0. The van der Waals surface area contributed by atoms with Crippen LogP contribution in [0.1, 0.15) is 25.8 Å². The normalized spacial score (nSPS) is 21.1. The number of likely N-dealkylation sites (tertiary alicyclic amines) is 1. The number of rotatable bonds is 3. The molecule has 1 heterocycles. The maximum absolute atomic E-state index is 13.8. The molecule has 1 aliphatic heterocycles. The number of benzene rings is 1. The summed E-state index contributed by atoms with van der Waals surface area (Å²) in [5.74, 6) is -0.115. The molecule has 0 amide bonds. The molecule has 94 valence electrons. The van der Waals surface area contributed by atoms with Crippen LogP contribution in [0.5, 0.6) is 0 Å². The van der Waals surface area contributed by atoms with Crippen molar-refractivity contribution in [1.29, 1.82) is 0 Å². The summed E-state index contributed by atoms with van der Waals surface area (Å²) in [6.07, 6.45) is 1.09. The summed E-state index contributed by atoms with van der Waals surface area (Å²) in [4.78, 5) is 2.42. The highest BCUT2D eigenvalue weighted by Gasteiger charge is 2.24. The molecule has 1 fully saturated rings. The van der Waals surface area contributed by atoms with Crippen LogP contribution in [0.3, 0.4) is 0 Å². The largest absolute Gasteiger partial charge is 0.379 e. The molecular weight excluding hydrogens is 215 g/mol. The minimum atomic E-state index is -0.115. The van der Waals surface area contributed by atoms with Gasteiger partial charge in [0.2, 0.25) is 0 Å². The summed E-state index contributed by atoms with van der Waals surface area (Å²) in [6, 6.07) is 6.46. The molecule has 1 aliphatic rings. The molecule has 0 aliphatic carbocycles. The van der Waals surface area contributed by atoms with Crippen molar-refractivity contribution in [1.82, 2.24) is 4.90 Å². The molecule has 1 aromatic rings. The first kappa shape index (κ1) is 12.4. The van der Waals surface area contributed by atoms with Crippen LogP contribution in [0.4, 0.5) is 10.1 Å². The zero-order valence-electron chi connectivity index (χ0n) is 10.8. The Balaban J connectivity index is 2.00. The van der Waals surface area contributed by atoms with Gasteiger partial charge in [-0.3, -0.25) is 4.90 Å². The molecule has 2 nitrogen and oxygen atoms in total. The van der Waals surface area contributed by atoms with E-state index in [4.69, 9.17) is 0 Å². The predicted molar refractivity (Wildman–Crippen MR) is 69.9 cm³/mol. The molecule has 2 rings (SSSR count). The van der Waals surface area contributed by atoms with Crippen molar-refractivity contribution in [3.63, 3.8) is 0 Å². The highest BCUT2D eigenvalue weighted by molar-refractivity contribution is 5.48. The van der Waals surface area contributed by atoms with Gasteiger partial charge >= 0.3 is 0 Å². The van der Waals surface area contributed by atoms with Gasteiger partial charge < -0.3 is 5.32 Å². The topological polar surface area (TPSA) is 15.3 Å². The molecule has 0 spiro atoms. The Labute approximate surface area is 103 Å². The third-order valence-electron chi connectivity index (χ3n) is 3.50. The van der Waals surface area contributed by atoms with E-state index in [-0.39, 0.29) is 5.82 Å². The van der Waals surface area contributed by atoms with Gasteiger partial charge in [-0.1, -0.05) is 12.1 Å². The number of halogens is 1. The van der Waals surface area contributed by atoms with Gasteiger partial charge in [0.05, 0.1) is 5.69 Å². The number of hydrogen-bond acceptors (Lipinski definition) is 2. The van der Waals surface area contributed by atoms with Crippen LogP contribution in [0, 0.1) is 12.7 Å². The zero-order chi connectivity index (χ0) is 12.4. The number of aryl methyl sites for hydroxylation is 1. The number of nitrogens with zero attached hydrogens (tertiary/aromatic N) is 1. The lowest BCUT2D eigenvalue weighted by Gasteiger charge is -2.21. The van der Waals surface area contributed by atoms with Crippen molar-refractivity contribution < 1.29 is 4.39 Å². The molecule has 1 unspecified atom stereocenters. The van der Waals surface area contributed by atoms with Crippen LogP contribution in [0.15, 0.2) is 18.2 Å². The Morgan fingerprint density at radius 3 is 2.82 bits per heavy atom. The van der Waals surface area contributed by atoms with E-state index in [2.05, 4.69) is 24.1 Å². The van der Waals surface area contributed by atoms with Crippen molar-refractivity contribution in [3.05, 3.63) is 29.6 Å². The Morgan fingerprint density at radius 2 is 2.18 bits per heavy atom. The van der Waals surface area contributed by atoms with E-state index in [0.717, 1.165) is 19.5 Å². The second-order valence-corrected chi connectivity index (χ2v) is 5.16. The van der Waals surface area contributed by atoms with Crippen LogP contribution >= 0.6 is 0 Å². The standard InChI is InChI=1S/C14H21FN2/c1-10(2)17-8-7-12(9-17)16-13-6-4-5-11(3)14(13)15/h4-6,10,12,16H,7-9H2,1-3H3. The second-order valence-electron chi connectivity index (χ2n) is 5.16. The van der Waals surface area contributed by atoms with Crippen LogP contribution in [-0.4, -0.2) is 30.1 Å². The van der Waals surface area contributed by atoms with Gasteiger partial charge in [0.25, 0.3) is 0 Å². The molecule has 3 heteroatoms. The monoisotopic (exact) mass is 236 g/mol. The van der Waals surface area contributed by atoms with Crippen molar-refractivity contribution >= 4 is 5.69 Å². The fourth-order valence-corrected chi connectivity index (χ4v) is 2.35. The first-order chi connectivity index (χ1) is 8.08. The van der Waals surface area contributed by atoms with Gasteiger partial charge in [-0.05, 0) is 38.8 Å². The first-order valence-corrected chi connectivity index (χ1v) is 6.33. The lowest BCUT2D eigenvalue weighted by atomic mass is 10.2. The Hall–Kier alpha value is -1.09. The van der Waals surface area contributed by atoms with E-state index in [0.29, 0.717) is 23.3 Å². The fourth-order valence-electron chi connectivity index (χ4n) is 2.35. The van der Waals surface area contributed by atoms with Crippen LogP contribution < -0.4 is 5.32 Å². The zero-order valence-corrected chi connectivity index (χ0v) is 10.8. The number of nitrogens with one attached hydrogen (secondary N) is 1. The Morgan fingerprint density at radius 1 is 1.41 bits per heavy atom. The second kappa shape index (κ2) is 5.05. The third-order valence-corrected chi connectivity index (χ3v) is 3.50. The summed E-state index contributed by atoms with van der Waals surface area (Å²) < 4.78 is 13.8. The molecule has 0 bridgehead atoms. The fraction of sp³-hybridized carbons (Fsp3) is 0.571. The molecular formula is C14H21FN2. The van der Waals surface area contributed by atoms with Gasteiger partial charge in [-0.25, -0.2) is 4.39 Å².